The van der Waals surface area contributed by atoms with Crippen LogP contribution in [-0.2, 0) is 22.6 Å². The predicted octanol–water partition coefficient (Wildman–Crippen LogP) is 1.92. The Bertz CT molecular complexity index is 908. The number of aromatic nitrogens is 2. The first-order chi connectivity index (χ1) is 12.6. The number of imide groups is 1. The highest BCUT2D eigenvalue weighted by Gasteiger charge is 2.40. The molecule has 0 spiro atoms. The maximum Gasteiger partial charge on any atom is 0.255 e. The molecule has 1 aromatic heterocycles. The Kier molecular flexibility index (Phi) is 4.28. The number of fused-ring (bicyclic) bond motifs is 1. The van der Waals surface area contributed by atoms with E-state index in [1.54, 1.807) is 11.0 Å². The van der Waals surface area contributed by atoms with Gasteiger partial charge in [0.05, 0.1) is 0 Å². The second kappa shape index (κ2) is 6.60. The van der Waals surface area contributed by atoms with E-state index in [1.165, 1.54) is 11.3 Å². The minimum atomic E-state index is -0.606. The molecule has 1 N–H and O–H groups in total. The third kappa shape index (κ3) is 2.80. The van der Waals surface area contributed by atoms with Gasteiger partial charge in [0.25, 0.3) is 5.91 Å². The molecule has 1 aromatic carbocycles. The number of carbonyl (C=O) groups excluding carboxylic acids is 3. The number of carbonyl (C=O) groups is 3. The third-order valence-corrected chi connectivity index (χ3v) is 5.76. The summed E-state index contributed by atoms with van der Waals surface area (Å²) in [5.74, 6) is -0.854. The van der Waals surface area contributed by atoms with E-state index >= 15 is 0 Å². The first-order valence-electron chi connectivity index (χ1n) is 8.67. The van der Waals surface area contributed by atoms with E-state index in [0.29, 0.717) is 18.5 Å². The summed E-state index contributed by atoms with van der Waals surface area (Å²) in [4.78, 5) is 38.0. The van der Waals surface area contributed by atoms with Crippen LogP contribution in [0.4, 0.5) is 0 Å². The molecule has 8 heteroatoms. The van der Waals surface area contributed by atoms with Gasteiger partial charge in [0.1, 0.15) is 16.1 Å². The zero-order valence-electron chi connectivity index (χ0n) is 14.3. The first kappa shape index (κ1) is 16.8. The molecule has 2 aliphatic rings. The van der Waals surface area contributed by atoms with Gasteiger partial charge < -0.3 is 4.90 Å². The molecule has 1 atom stereocenters. The van der Waals surface area contributed by atoms with Gasteiger partial charge in [-0.2, -0.15) is 0 Å². The topological polar surface area (TPSA) is 92.3 Å². The smallest absolute Gasteiger partial charge is 0.255 e. The molecule has 26 heavy (non-hydrogen) atoms. The molecule has 0 radical (unpaired) electrons. The average molecular weight is 370 g/mol. The van der Waals surface area contributed by atoms with Crippen molar-refractivity contribution in [3.63, 3.8) is 0 Å². The van der Waals surface area contributed by atoms with Gasteiger partial charge >= 0.3 is 0 Å². The van der Waals surface area contributed by atoms with Crippen LogP contribution in [0.15, 0.2) is 18.2 Å². The van der Waals surface area contributed by atoms with Crippen LogP contribution in [0, 0.1) is 0 Å². The fourth-order valence-electron chi connectivity index (χ4n) is 3.46. The van der Waals surface area contributed by atoms with E-state index in [-0.39, 0.29) is 18.2 Å². The second-order valence-corrected chi connectivity index (χ2v) is 7.54. The Morgan fingerprint density at radius 1 is 1.23 bits per heavy atom. The minimum Gasteiger partial charge on any atom is -0.322 e. The van der Waals surface area contributed by atoms with E-state index in [4.69, 9.17) is 0 Å². The van der Waals surface area contributed by atoms with Crippen LogP contribution in [0.2, 0.25) is 0 Å². The molecular formula is C18H18N4O3S. The fourth-order valence-corrected chi connectivity index (χ4v) is 4.46. The van der Waals surface area contributed by atoms with E-state index in [2.05, 4.69) is 22.4 Å². The molecule has 1 unspecified atom stereocenters. The largest absolute Gasteiger partial charge is 0.322 e. The summed E-state index contributed by atoms with van der Waals surface area (Å²) in [7, 11) is 0. The van der Waals surface area contributed by atoms with Gasteiger partial charge in [-0.15, -0.1) is 10.2 Å². The van der Waals surface area contributed by atoms with E-state index in [1.807, 2.05) is 12.1 Å². The van der Waals surface area contributed by atoms with Gasteiger partial charge in [-0.25, -0.2) is 0 Å². The molecule has 1 saturated heterocycles. The average Bonchev–Trinajstić information content (AvgIpc) is 3.21. The Morgan fingerprint density at radius 3 is 2.81 bits per heavy atom. The van der Waals surface area contributed by atoms with Crippen LogP contribution >= 0.6 is 11.3 Å². The summed E-state index contributed by atoms with van der Waals surface area (Å²) in [5, 5.41) is 12.6. The molecule has 4 rings (SSSR count). The van der Waals surface area contributed by atoms with Gasteiger partial charge in [0.2, 0.25) is 11.8 Å². The van der Waals surface area contributed by atoms with Crippen molar-refractivity contribution in [2.75, 3.05) is 0 Å². The van der Waals surface area contributed by atoms with Gasteiger partial charge in [0, 0.05) is 30.5 Å². The van der Waals surface area contributed by atoms with Gasteiger partial charge in [0.15, 0.2) is 0 Å². The number of hydrogen-bond acceptors (Lipinski definition) is 6. The maximum absolute atomic E-state index is 12.8. The molecule has 1 fully saturated rings. The molecule has 2 aromatic rings. The summed E-state index contributed by atoms with van der Waals surface area (Å²) in [6, 6.07) is 4.95. The molecule has 3 heterocycles. The first-order valence-corrected chi connectivity index (χ1v) is 9.49. The van der Waals surface area contributed by atoms with Crippen molar-refractivity contribution >= 4 is 29.1 Å². The zero-order valence-corrected chi connectivity index (χ0v) is 15.1. The summed E-state index contributed by atoms with van der Waals surface area (Å²) in [5.41, 5.74) is 2.37. The molecule has 0 aliphatic carbocycles. The van der Waals surface area contributed by atoms with Crippen LogP contribution in [0.5, 0.6) is 0 Å². The Labute approximate surface area is 154 Å². The summed E-state index contributed by atoms with van der Waals surface area (Å²) < 4.78 is 0. The standard InChI is InChI=1S/C18H18N4O3S/c1-2-4-15-20-21-17(26-15)10-5-3-6-11-12(10)9-22(18(11)25)13-7-8-14(23)19-16(13)24/h3,5-6,13H,2,4,7-9H2,1H3,(H,19,23,24). The van der Waals surface area contributed by atoms with Crippen molar-refractivity contribution < 1.29 is 14.4 Å². The van der Waals surface area contributed by atoms with E-state index < -0.39 is 11.9 Å². The molecular weight excluding hydrogens is 352 g/mol. The number of hydrogen-bond donors (Lipinski definition) is 1. The highest BCUT2D eigenvalue weighted by molar-refractivity contribution is 7.14. The molecule has 0 saturated carbocycles. The van der Waals surface area contributed by atoms with Crippen molar-refractivity contribution in [3.05, 3.63) is 34.3 Å². The number of nitrogens with one attached hydrogen (secondary N) is 1. The Balaban J connectivity index is 1.66. The van der Waals surface area contributed by atoms with Crippen LogP contribution in [0.3, 0.4) is 0 Å². The number of rotatable bonds is 4. The zero-order chi connectivity index (χ0) is 18.3. The summed E-state index contributed by atoms with van der Waals surface area (Å²) in [6.45, 7) is 2.44. The van der Waals surface area contributed by atoms with Gasteiger partial charge in [-0.1, -0.05) is 30.4 Å². The van der Waals surface area contributed by atoms with Crippen molar-refractivity contribution in [2.24, 2.45) is 0 Å². The van der Waals surface area contributed by atoms with Gasteiger partial charge in [-0.3, -0.25) is 19.7 Å². The minimum absolute atomic E-state index is 0.172. The second-order valence-electron chi connectivity index (χ2n) is 6.48. The SMILES string of the molecule is CCCc1nnc(-c2cccc3c2CN(C2CCC(=O)NC2=O)C3=O)s1. The number of amides is 3. The Morgan fingerprint density at radius 2 is 2.04 bits per heavy atom. The van der Waals surface area contributed by atoms with E-state index in [9.17, 15) is 14.4 Å². The van der Waals surface area contributed by atoms with Crippen molar-refractivity contribution in [3.8, 4) is 10.6 Å². The van der Waals surface area contributed by atoms with Crippen LogP contribution in [0.25, 0.3) is 10.6 Å². The maximum atomic E-state index is 12.8. The fraction of sp³-hybridized carbons (Fsp3) is 0.389. The Hall–Kier alpha value is -2.61. The lowest BCUT2D eigenvalue weighted by molar-refractivity contribution is -0.136. The number of aryl methyl sites for hydroxylation is 1. The molecule has 0 bridgehead atoms. The quantitative estimate of drug-likeness (QED) is 0.830. The van der Waals surface area contributed by atoms with Crippen LogP contribution in [-0.4, -0.2) is 38.9 Å². The lowest BCUT2D eigenvalue weighted by atomic mass is 10.0. The number of benzene rings is 1. The summed E-state index contributed by atoms with van der Waals surface area (Å²) in [6.07, 6.45) is 2.50. The van der Waals surface area contributed by atoms with Crippen molar-refractivity contribution in [1.82, 2.24) is 20.4 Å². The molecule has 134 valence electrons. The summed E-state index contributed by atoms with van der Waals surface area (Å²) >= 11 is 1.54. The molecule has 3 amide bonds. The van der Waals surface area contributed by atoms with Crippen LogP contribution in [0.1, 0.15) is 47.1 Å². The van der Waals surface area contributed by atoms with Crippen molar-refractivity contribution in [1.29, 1.82) is 0 Å². The van der Waals surface area contributed by atoms with Gasteiger partial charge in [-0.05, 0) is 24.5 Å². The number of nitrogens with zero attached hydrogens (tertiary/aromatic N) is 3. The highest BCUT2D eigenvalue weighted by atomic mass is 32.1. The highest BCUT2D eigenvalue weighted by Crippen LogP contribution is 2.35. The number of piperidine rings is 1. The lowest BCUT2D eigenvalue weighted by Gasteiger charge is -2.29. The van der Waals surface area contributed by atoms with Crippen molar-refractivity contribution in [2.45, 2.75) is 45.2 Å². The lowest BCUT2D eigenvalue weighted by Crippen LogP contribution is -2.52. The van der Waals surface area contributed by atoms with Crippen LogP contribution < -0.4 is 5.32 Å². The molecule has 2 aliphatic heterocycles. The normalized spacial score (nSPS) is 19.7. The molecule has 7 nitrogen and oxygen atoms in total. The predicted molar refractivity (Wildman–Crippen MR) is 95.4 cm³/mol. The monoisotopic (exact) mass is 370 g/mol. The van der Waals surface area contributed by atoms with E-state index in [0.717, 1.165) is 34.0 Å². The third-order valence-electron chi connectivity index (χ3n) is 4.74.